The summed E-state index contributed by atoms with van der Waals surface area (Å²) >= 11 is 7.00. The topological polar surface area (TPSA) is 51.5 Å². The van der Waals surface area contributed by atoms with Crippen LogP contribution in [-0.2, 0) is 11.3 Å². The molecule has 0 unspecified atom stereocenters. The van der Waals surface area contributed by atoms with E-state index in [1.807, 2.05) is 63.2 Å². The van der Waals surface area contributed by atoms with Crippen molar-refractivity contribution in [3.63, 3.8) is 0 Å². The van der Waals surface area contributed by atoms with Crippen LogP contribution in [0, 0.1) is 13.8 Å². The third kappa shape index (κ3) is 4.47. The van der Waals surface area contributed by atoms with Crippen LogP contribution in [0.15, 0.2) is 59.5 Å². The number of hydrogen-bond donors (Lipinski definition) is 0. The third-order valence-electron chi connectivity index (χ3n) is 5.27. The lowest BCUT2D eigenvalue weighted by Crippen LogP contribution is -2.27. The lowest BCUT2D eigenvalue weighted by Gasteiger charge is -2.12. The van der Waals surface area contributed by atoms with Gasteiger partial charge in [-0.25, -0.2) is 0 Å². The molecule has 2 heterocycles. The summed E-state index contributed by atoms with van der Waals surface area (Å²) in [4.78, 5) is 27.1. The zero-order chi connectivity index (χ0) is 22.8. The summed E-state index contributed by atoms with van der Waals surface area (Å²) < 4.78 is 7.65. The van der Waals surface area contributed by atoms with E-state index in [9.17, 15) is 9.59 Å². The maximum atomic E-state index is 12.9. The zero-order valence-electron chi connectivity index (χ0n) is 18.1. The van der Waals surface area contributed by atoms with Gasteiger partial charge >= 0.3 is 0 Å². The molecule has 3 aromatic rings. The van der Waals surface area contributed by atoms with Crippen LogP contribution in [0.1, 0.15) is 29.4 Å². The number of carbonyl (C=O) groups excluding carboxylic acids is 2. The Morgan fingerprint density at radius 2 is 1.81 bits per heavy atom. The molecule has 7 heteroatoms. The number of halogens is 1. The first kappa shape index (κ1) is 22.2. The molecule has 2 aromatic carbocycles. The lowest BCUT2D eigenvalue weighted by atomic mass is 10.2. The van der Waals surface area contributed by atoms with Crippen LogP contribution < -0.4 is 4.74 Å². The van der Waals surface area contributed by atoms with E-state index in [0.29, 0.717) is 16.5 Å². The Morgan fingerprint density at radius 1 is 1.06 bits per heavy atom. The number of hydrogen-bond acceptors (Lipinski definition) is 4. The summed E-state index contributed by atoms with van der Waals surface area (Å²) in [6, 6.07) is 17.1. The minimum atomic E-state index is -0.286. The van der Waals surface area contributed by atoms with Gasteiger partial charge in [-0.15, -0.1) is 0 Å². The largest absolute Gasteiger partial charge is 0.494 e. The Hall–Kier alpha value is -2.96. The van der Waals surface area contributed by atoms with Gasteiger partial charge in [0.15, 0.2) is 0 Å². The predicted molar refractivity (Wildman–Crippen MR) is 129 cm³/mol. The molecule has 0 spiro atoms. The lowest BCUT2D eigenvalue weighted by molar-refractivity contribution is -0.123. The van der Waals surface area contributed by atoms with E-state index in [1.54, 1.807) is 18.2 Å². The molecule has 2 amide bonds. The van der Waals surface area contributed by atoms with Crippen LogP contribution in [0.25, 0.3) is 11.8 Å². The van der Waals surface area contributed by atoms with Crippen molar-refractivity contribution in [2.75, 3.05) is 6.61 Å². The van der Waals surface area contributed by atoms with Gasteiger partial charge in [0.1, 0.15) is 5.75 Å². The highest BCUT2D eigenvalue weighted by Gasteiger charge is 2.35. The standard InChI is InChI=1S/C25H23ClN2O3S/c1-4-31-22-10-8-21(9-11-22)28-16(2)12-19(17(28)3)14-23-24(29)27(25(30)32-23)15-18-6-5-7-20(26)13-18/h5-14H,4,15H2,1-3H3/b23-14-. The van der Waals surface area contributed by atoms with E-state index in [2.05, 4.69) is 4.57 Å². The summed E-state index contributed by atoms with van der Waals surface area (Å²) in [6.07, 6.45) is 1.80. The van der Waals surface area contributed by atoms with Gasteiger partial charge in [-0.05, 0) is 92.2 Å². The second-order valence-electron chi connectivity index (χ2n) is 7.49. The van der Waals surface area contributed by atoms with Gasteiger partial charge in [-0.2, -0.15) is 0 Å². The smallest absolute Gasteiger partial charge is 0.293 e. The summed E-state index contributed by atoms with van der Waals surface area (Å²) in [6.45, 7) is 6.81. The van der Waals surface area contributed by atoms with Crippen LogP contribution in [0.5, 0.6) is 5.75 Å². The highest BCUT2D eigenvalue weighted by molar-refractivity contribution is 8.18. The number of benzene rings is 2. The van der Waals surface area contributed by atoms with Crippen LogP contribution in [0.3, 0.4) is 0 Å². The van der Waals surface area contributed by atoms with E-state index in [-0.39, 0.29) is 17.7 Å². The SMILES string of the molecule is CCOc1ccc(-n2c(C)cc(/C=C3\SC(=O)N(Cc4cccc(Cl)c4)C3=O)c2C)cc1. The molecular formula is C25H23ClN2O3S. The second-order valence-corrected chi connectivity index (χ2v) is 8.92. The quantitative estimate of drug-likeness (QED) is 0.395. The van der Waals surface area contributed by atoms with Crippen LogP contribution in [0.4, 0.5) is 4.79 Å². The third-order valence-corrected chi connectivity index (χ3v) is 6.41. The minimum absolute atomic E-state index is 0.202. The molecule has 164 valence electrons. The molecule has 0 bridgehead atoms. The maximum Gasteiger partial charge on any atom is 0.293 e. The summed E-state index contributed by atoms with van der Waals surface area (Å²) in [5.74, 6) is 0.540. The molecule has 0 atom stereocenters. The summed E-state index contributed by atoms with van der Waals surface area (Å²) in [7, 11) is 0. The van der Waals surface area contributed by atoms with Crippen molar-refractivity contribution in [2.45, 2.75) is 27.3 Å². The molecule has 0 radical (unpaired) electrons. The molecule has 5 nitrogen and oxygen atoms in total. The first-order valence-corrected chi connectivity index (χ1v) is 11.5. The fourth-order valence-corrected chi connectivity index (χ4v) is 4.83. The minimum Gasteiger partial charge on any atom is -0.494 e. The average molecular weight is 467 g/mol. The normalized spacial score (nSPS) is 15.1. The van der Waals surface area contributed by atoms with E-state index in [1.165, 1.54) is 4.90 Å². The summed E-state index contributed by atoms with van der Waals surface area (Å²) in [5, 5.41) is 0.299. The molecular weight excluding hydrogens is 444 g/mol. The van der Waals surface area contributed by atoms with Gasteiger partial charge in [0.2, 0.25) is 0 Å². The number of rotatable bonds is 6. The molecule has 0 aliphatic carbocycles. The number of carbonyl (C=O) groups is 2. The molecule has 32 heavy (non-hydrogen) atoms. The van der Waals surface area contributed by atoms with Crippen molar-refractivity contribution >= 4 is 40.6 Å². The number of amides is 2. The molecule has 1 fully saturated rings. The Labute approximate surface area is 196 Å². The molecule has 0 saturated carbocycles. The maximum absolute atomic E-state index is 12.9. The van der Waals surface area contributed by atoms with E-state index in [4.69, 9.17) is 16.3 Å². The summed E-state index contributed by atoms with van der Waals surface area (Å²) in [5.41, 5.74) is 4.76. The van der Waals surface area contributed by atoms with Crippen LogP contribution >= 0.6 is 23.4 Å². The first-order valence-electron chi connectivity index (χ1n) is 10.3. The van der Waals surface area contributed by atoms with Crippen LogP contribution in [0.2, 0.25) is 5.02 Å². The fraction of sp³-hybridized carbons (Fsp3) is 0.200. The van der Waals surface area contributed by atoms with Crippen molar-refractivity contribution in [3.8, 4) is 11.4 Å². The Morgan fingerprint density at radius 3 is 2.50 bits per heavy atom. The second kappa shape index (κ2) is 9.27. The van der Waals surface area contributed by atoms with Crippen LogP contribution in [-0.4, -0.2) is 27.2 Å². The van der Waals surface area contributed by atoms with Crippen molar-refractivity contribution in [1.29, 1.82) is 0 Å². The Balaban J connectivity index is 1.59. The van der Waals surface area contributed by atoms with Crippen molar-refractivity contribution in [3.05, 3.63) is 87.0 Å². The first-order chi connectivity index (χ1) is 15.4. The highest BCUT2D eigenvalue weighted by atomic mass is 35.5. The van der Waals surface area contributed by atoms with Gasteiger partial charge in [0, 0.05) is 22.1 Å². The van der Waals surface area contributed by atoms with Gasteiger partial charge in [-0.3, -0.25) is 14.5 Å². The average Bonchev–Trinajstić information content (AvgIpc) is 3.18. The van der Waals surface area contributed by atoms with E-state index in [0.717, 1.165) is 45.7 Å². The molecule has 4 rings (SSSR count). The number of ether oxygens (including phenoxy) is 1. The molecule has 0 N–H and O–H groups in total. The number of aryl methyl sites for hydroxylation is 1. The van der Waals surface area contributed by atoms with E-state index >= 15 is 0 Å². The fourth-order valence-electron chi connectivity index (χ4n) is 3.78. The van der Waals surface area contributed by atoms with Crippen molar-refractivity contribution in [1.82, 2.24) is 9.47 Å². The monoisotopic (exact) mass is 466 g/mol. The van der Waals surface area contributed by atoms with Gasteiger partial charge in [0.25, 0.3) is 11.1 Å². The Kier molecular flexibility index (Phi) is 6.44. The predicted octanol–water partition coefficient (Wildman–Crippen LogP) is 6.38. The van der Waals surface area contributed by atoms with Crippen molar-refractivity contribution in [2.24, 2.45) is 0 Å². The highest BCUT2D eigenvalue weighted by Crippen LogP contribution is 2.35. The molecule has 1 aliphatic rings. The zero-order valence-corrected chi connectivity index (χ0v) is 19.7. The number of aromatic nitrogens is 1. The number of thioether (sulfide) groups is 1. The van der Waals surface area contributed by atoms with Gasteiger partial charge in [0.05, 0.1) is 18.1 Å². The molecule has 1 saturated heterocycles. The van der Waals surface area contributed by atoms with Gasteiger partial charge < -0.3 is 9.30 Å². The van der Waals surface area contributed by atoms with E-state index < -0.39 is 0 Å². The molecule has 1 aromatic heterocycles. The van der Waals surface area contributed by atoms with Crippen molar-refractivity contribution < 1.29 is 14.3 Å². The Bertz CT molecular complexity index is 1210. The molecule has 1 aliphatic heterocycles. The number of imide groups is 1. The number of nitrogens with zero attached hydrogens (tertiary/aromatic N) is 2. The van der Waals surface area contributed by atoms with Gasteiger partial charge in [-0.1, -0.05) is 23.7 Å².